The summed E-state index contributed by atoms with van der Waals surface area (Å²) in [4.78, 5) is 12.2. The van der Waals surface area contributed by atoms with Gasteiger partial charge < -0.3 is 5.32 Å². The number of amides is 1. The molecule has 0 unspecified atom stereocenters. The second-order valence-corrected chi connectivity index (χ2v) is 5.31. The van der Waals surface area contributed by atoms with Gasteiger partial charge in [0, 0.05) is 11.9 Å². The summed E-state index contributed by atoms with van der Waals surface area (Å²) < 4.78 is 40.6. The number of aryl methyl sites for hydroxylation is 2. The molecule has 0 atom stereocenters. The van der Waals surface area contributed by atoms with Crippen molar-refractivity contribution >= 4 is 17.2 Å². The van der Waals surface area contributed by atoms with E-state index >= 15 is 0 Å². The van der Waals surface area contributed by atoms with Crippen LogP contribution >= 0.6 is 0 Å². The molecule has 24 heavy (non-hydrogen) atoms. The van der Waals surface area contributed by atoms with Crippen LogP contribution in [-0.4, -0.2) is 30.3 Å². The van der Waals surface area contributed by atoms with Gasteiger partial charge in [-0.2, -0.15) is 18.3 Å². The molecule has 3 rings (SSSR count). The van der Waals surface area contributed by atoms with Gasteiger partial charge in [0.1, 0.15) is 12.9 Å². The number of fused-ring (bicyclic) bond motifs is 1. The first kappa shape index (κ1) is 16.0. The van der Waals surface area contributed by atoms with E-state index < -0.39 is 17.8 Å². The van der Waals surface area contributed by atoms with Gasteiger partial charge >= 0.3 is 6.18 Å². The number of hydrogen-bond acceptors (Lipinski definition) is 4. The number of aromatic nitrogens is 5. The van der Waals surface area contributed by atoms with Gasteiger partial charge in [-0.3, -0.25) is 13.9 Å². The standard InChI is InChI=1S/C14H13F3N6O/c1-8-3-4-22-7-18-20-13(22)12(8)19-11(24)6-23-9(2)5-10(21-23)14(15,16)17/h3-5,7H,6H2,1-2H3,(H,19,24). The average molecular weight is 338 g/mol. The molecule has 0 aromatic carbocycles. The van der Waals surface area contributed by atoms with E-state index in [9.17, 15) is 18.0 Å². The third-order valence-corrected chi connectivity index (χ3v) is 3.51. The highest BCUT2D eigenvalue weighted by Crippen LogP contribution is 2.28. The van der Waals surface area contributed by atoms with Gasteiger partial charge in [0.15, 0.2) is 11.3 Å². The minimum Gasteiger partial charge on any atom is -0.321 e. The van der Waals surface area contributed by atoms with Crippen LogP contribution in [0.2, 0.25) is 0 Å². The lowest BCUT2D eigenvalue weighted by Gasteiger charge is -2.10. The summed E-state index contributed by atoms with van der Waals surface area (Å²) >= 11 is 0. The monoisotopic (exact) mass is 338 g/mol. The van der Waals surface area contributed by atoms with Gasteiger partial charge in [0.2, 0.25) is 5.91 Å². The molecule has 7 nitrogen and oxygen atoms in total. The Bertz CT molecular complexity index is 911. The molecule has 1 N–H and O–H groups in total. The average Bonchev–Trinajstić information content (AvgIpc) is 3.09. The molecule has 0 fully saturated rings. The fourth-order valence-corrected chi connectivity index (χ4v) is 2.26. The van der Waals surface area contributed by atoms with Crippen molar-refractivity contribution in [1.29, 1.82) is 0 Å². The van der Waals surface area contributed by atoms with E-state index in [1.807, 2.05) is 0 Å². The number of nitrogens with one attached hydrogen (secondary N) is 1. The van der Waals surface area contributed by atoms with Crippen LogP contribution < -0.4 is 5.32 Å². The maximum Gasteiger partial charge on any atom is 0.435 e. The Morgan fingerprint density at radius 2 is 2.08 bits per heavy atom. The summed E-state index contributed by atoms with van der Waals surface area (Å²) in [5, 5.41) is 13.8. The smallest absolute Gasteiger partial charge is 0.321 e. The molecule has 10 heteroatoms. The van der Waals surface area contributed by atoms with E-state index in [0.717, 1.165) is 16.3 Å². The van der Waals surface area contributed by atoms with Crippen molar-refractivity contribution in [2.75, 3.05) is 5.32 Å². The van der Waals surface area contributed by atoms with E-state index in [4.69, 9.17) is 0 Å². The maximum absolute atomic E-state index is 12.7. The molecule has 0 spiro atoms. The molecule has 126 valence electrons. The second-order valence-electron chi connectivity index (χ2n) is 5.31. The molecule has 3 aromatic heterocycles. The second kappa shape index (κ2) is 5.62. The van der Waals surface area contributed by atoms with Crippen molar-refractivity contribution in [2.24, 2.45) is 0 Å². The van der Waals surface area contributed by atoms with Gasteiger partial charge in [-0.15, -0.1) is 10.2 Å². The maximum atomic E-state index is 12.7. The SMILES string of the molecule is Cc1ccn2cnnc2c1NC(=O)Cn1nc(C(F)(F)F)cc1C. The number of carbonyl (C=O) groups is 1. The molecule has 0 radical (unpaired) electrons. The van der Waals surface area contributed by atoms with Crippen LogP contribution in [0.1, 0.15) is 17.0 Å². The first-order valence-corrected chi connectivity index (χ1v) is 6.96. The predicted octanol–water partition coefficient (Wildman–Crippen LogP) is 2.20. The fourth-order valence-electron chi connectivity index (χ4n) is 2.26. The van der Waals surface area contributed by atoms with Crippen molar-refractivity contribution < 1.29 is 18.0 Å². The first-order chi connectivity index (χ1) is 11.3. The van der Waals surface area contributed by atoms with Crippen LogP contribution in [0.4, 0.5) is 18.9 Å². The summed E-state index contributed by atoms with van der Waals surface area (Å²) in [5.74, 6) is -0.505. The zero-order valence-electron chi connectivity index (χ0n) is 12.8. The molecule has 0 saturated heterocycles. The van der Waals surface area contributed by atoms with E-state index in [2.05, 4.69) is 20.6 Å². The zero-order chi connectivity index (χ0) is 17.5. The molecule has 1 amide bonds. The largest absolute Gasteiger partial charge is 0.435 e. The molecule has 0 aliphatic rings. The minimum atomic E-state index is -4.55. The molecule has 0 aliphatic heterocycles. The quantitative estimate of drug-likeness (QED) is 0.794. The van der Waals surface area contributed by atoms with Crippen molar-refractivity contribution in [2.45, 2.75) is 26.6 Å². The van der Waals surface area contributed by atoms with Crippen LogP contribution in [0.3, 0.4) is 0 Å². The molecule has 0 aliphatic carbocycles. The lowest BCUT2D eigenvalue weighted by atomic mass is 10.2. The number of hydrogen-bond donors (Lipinski definition) is 1. The third-order valence-electron chi connectivity index (χ3n) is 3.51. The molecule has 3 heterocycles. The number of rotatable bonds is 3. The Kier molecular flexibility index (Phi) is 3.74. The molecule has 0 bridgehead atoms. The summed E-state index contributed by atoms with van der Waals surface area (Å²) in [5.41, 5.74) is 0.896. The van der Waals surface area contributed by atoms with E-state index in [-0.39, 0.29) is 12.2 Å². The van der Waals surface area contributed by atoms with Crippen LogP contribution in [0, 0.1) is 13.8 Å². The van der Waals surface area contributed by atoms with Crippen LogP contribution in [0.5, 0.6) is 0 Å². The van der Waals surface area contributed by atoms with E-state index in [1.165, 1.54) is 13.3 Å². The number of halogens is 3. The summed E-state index contributed by atoms with van der Waals surface area (Å²) in [6.45, 7) is 2.90. The van der Waals surface area contributed by atoms with E-state index in [0.29, 0.717) is 11.3 Å². The number of pyridine rings is 1. The highest BCUT2D eigenvalue weighted by molar-refractivity contribution is 5.95. The normalized spacial score (nSPS) is 11.9. The molecular weight excluding hydrogens is 325 g/mol. The Hall–Kier alpha value is -2.91. The van der Waals surface area contributed by atoms with Crippen LogP contribution in [-0.2, 0) is 17.5 Å². The zero-order valence-corrected chi connectivity index (χ0v) is 12.8. The Balaban J connectivity index is 1.82. The van der Waals surface area contributed by atoms with Crippen molar-refractivity contribution in [3.63, 3.8) is 0 Å². The lowest BCUT2D eigenvalue weighted by molar-refractivity contribution is -0.141. The number of anilines is 1. The van der Waals surface area contributed by atoms with Crippen LogP contribution in [0.25, 0.3) is 5.65 Å². The highest BCUT2D eigenvalue weighted by atomic mass is 19.4. The number of alkyl halides is 3. The summed E-state index contributed by atoms with van der Waals surface area (Å²) in [6.07, 6.45) is -1.32. The van der Waals surface area contributed by atoms with Crippen molar-refractivity contribution in [3.05, 3.63) is 41.6 Å². The number of carbonyl (C=O) groups excluding carboxylic acids is 1. The third kappa shape index (κ3) is 2.94. The highest BCUT2D eigenvalue weighted by Gasteiger charge is 2.34. The minimum absolute atomic E-state index is 0.245. The summed E-state index contributed by atoms with van der Waals surface area (Å²) in [6, 6.07) is 2.67. The topological polar surface area (TPSA) is 77.1 Å². The predicted molar refractivity (Wildman–Crippen MR) is 78.3 cm³/mol. The van der Waals surface area contributed by atoms with Crippen molar-refractivity contribution in [3.8, 4) is 0 Å². The van der Waals surface area contributed by atoms with Gasteiger partial charge in [-0.05, 0) is 31.5 Å². The molecule has 3 aromatic rings. The van der Waals surface area contributed by atoms with Gasteiger partial charge in [0.05, 0.1) is 5.69 Å². The first-order valence-electron chi connectivity index (χ1n) is 6.96. The Morgan fingerprint density at radius 3 is 2.75 bits per heavy atom. The molecule has 0 saturated carbocycles. The van der Waals surface area contributed by atoms with Crippen molar-refractivity contribution in [1.82, 2.24) is 24.4 Å². The fraction of sp³-hybridized carbons (Fsp3) is 0.286. The van der Waals surface area contributed by atoms with Gasteiger partial charge in [-0.25, -0.2) is 0 Å². The molecular formula is C14H13F3N6O. The van der Waals surface area contributed by atoms with E-state index in [1.54, 1.807) is 23.6 Å². The van der Waals surface area contributed by atoms with Crippen LogP contribution in [0.15, 0.2) is 24.7 Å². The summed E-state index contributed by atoms with van der Waals surface area (Å²) in [7, 11) is 0. The lowest BCUT2D eigenvalue weighted by Crippen LogP contribution is -2.21. The van der Waals surface area contributed by atoms with Gasteiger partial charge in [-0.1, -0.05) is 0 Å². The Labute approximate surface area is 134 Å². The number of nitrogens with zero attached hydrogens (tertiary/aromatic N) is 5. The van der Waals surface area contributed by atoms with Gasteiger partial charge in [0.25, 0.3) is 0 Å². The Morgan fingerprint density at radius 1 is 1.33 bits per heavy atom.